The van der Waals surface area contributed by atoms with Crippen molar-refractivity contribution < 1.29 is 9.53 Å². The van der Waals surface area contributed by atoms with Gasteiger partial charge in [-0.2, -0.15) is 0 Å². The van der Waals surface area contributed by atoms with Gasteiger partial charge in [-0.3, -0.25) is 4.90 Å². The number of unbranched alkanes of at least 4 members (excludes halogenated alkanes) is 4. The van der Waals surface area contributed by atoms with Crippen LogP contribution in [0.5, 0.6) is 5.75 Å². The van der Waals surface area contributed by atoms with Crippen LogP contribution in [0, 0.1) is 0 Å². The summed E-state index contributed by atoms with van der Waals surface area (Å²) in [5.74, 6) is 0.832. The molecule has 1 aliphatic rings. The molecule has 3 aromatic rings. The molecule has 0 spiro atoms. The SMILES string of the molecule is CCCCCCCOc1ccc(NC(=O)N2c3ccccc3Sc3ccccc32)cc1. The Morgan fingerprint density at radius 2 is 1.45 bits per heavy atom. The number of urea groups is 1. The van der Waals surface area contributed by atoms with Crippen molar-refractivity contribution in [1.29, 1.82) is 0 Å². The lowest BCUT2D eigenvalue weighted by Crippen LogP contribution is -2.32. The fraction of sp³-hybridized carbons (Fsp3) is 0.269. The number of amides is 2. The van der Waals surface area contributed by atoms with Gasteiger partial charge < -0.3 is 10.1 Å². The summed E-state index contributed by atoms with van der Waals surface area (Å²) < 4.78 is 5.83. The molecule has 31 heavy (non-hydrogen) atoms. The van der Waals surface area contributed by atoms with E-state index in [1.165, 1.54) is 25.7 Å². The molecule has 160 valence electrons. The second-order valence-corrected chi connectivity index (χ2v) is 8.67. The molecule has 3 aromatic carbocycles. The quantitative estimate of drug-likeness (QED) is 0.368. The first-order chi connectivity index (χ1) is 15.3. The minimum Gasteiger partial charge on any atom is -0.494 e. The molecule has 5 heteroatoms. The number of nitrogens with zero attached hydrogens (tertiary/aromatic N) is 1. The number of ether oxygens (including phenoxy) is 1. The zero-order valence-electron chi connectivity index (χ0n) is 17.8. The molecule has 4 rings (SSSR count). The van der Waals surface area contributed by atoms with E-state index in [4.69, 9.17) is 4.74 Å². The van der Waals surface area contributed by atoms with Gasteiger partial charge in [-0.05, 0) is 55.0 Å². The Kier molecular flexibility index (Phi) is 7.15. The van der Waals surface area contributed by atoms with Gasteiger partial charge in [0.25, 0.3) is 0 Å². The molecule has 0 saturated carbocycles. The number of carbonyl (C=O) groups excluding carboxylic acids is 1. The Morgan fingerprint density at radius 3 is 2.10 bits per heavy atom. The second-order valence-electron chi connectivity index (χ2n) is 7.59. The smallest absolute Gasteiger partial charge is 0.331 e. The first kappa shape index (κ1) is 21.3. The van der Waals surface area contributed by atoms with Crippen LogP contribution in [0.4, 0.5) is 21.9 Å². The zero-order chi connectivity index (χ0) is 21.5. The monoisotopic (exact) mass is 432 g/mol. The third-order valence-electron chi connectivity index (χ3n) is 5.26. The summed E-state index contributed by atoms with van der Waals surface area (Å²) >= 11 is 1.69. The Morgan fingerprint density at radius 1 is 0.839 bits per heavy atom. The minimum atomic E-state index is -0.176. The van der Waals surface area contributed by atoms with Gasteiger partial charge >= 0.3 is 6.03 Å². The molecule has 0 bridgehead atoms. The number of fused-ring (bicyclic) bond motifs is 2. The number of nitrogens with one attached hydrogen (secondary N) is 1. The van der Waals surface area contributed by atoms with E-state index in [9.17, 15) is 4.79 Å². The van der Waals surface area contributed by atoms with Crippen LogP contribution in [-0.4, -0.2) is 12.6 Å². The van der Waals surface area contributed by atoms with E-state index >= 15 is 0 Å². The topological polar surface area (TPSA) is 41.6 Å². The van der Waals surface area contributed by atoms with E-state index < -0.39 is 0 Å². The van der Waals surface area contributed by atoms with Crippen LogP contribution in [0.3, 0.4) is 0 Å². The van der Waals surface area contributed by atoms with E-state index in [0.29, 0.717) is 0 Å². The Hall–Kier alpha value is -2.92. The van der Waals surface area contributed by atoms with Crippen molar-refractivity contribution >= 4 is 34.9 Å². The van der Waals surface area contributed by atoms with Gasteiger partial charge in [0.1, 0.15) is 5.75 Å². The lowest BCUT2D eigenvalue weighted by atomic mass is 10.2. The van der Waals surface area contributed by atoms with Crippen molar-refractivity contribution in [2.45, 2.75) is 48.8 Å². The molecule has 0 unspecified atom stereocenters. The van der Waals surface area contributed by atoms with Crippen LogP contribution in [0.2, 0.25) is 0 Å². The normalized spacial score (nSPS) is 12.1. The number of carbonyl (C=O) groups is 1. The molecular formula is C26H28N2O2S. The molecule has 2 amide bonds. The average molecular weight is 433 g/mol. The lowest BCUT2D eigenvalue weighted by Gasteiger charge is -2.31. The number of rotatable bonds is 8. The maximum absolute atomic E-state index is 13.2. The highest BCUT2D eigenvalue weighted by Gasteiger charge is 2.27. The van der Waals surface area contributed by atoms with E-state index in [1.807, 2.05) is 72.8 Å². The summed E-state index contributed by atoms with van der Waals surface area (Å²) in [4.78, 5) is 17.1. The third-order valence-corrected chi connectivity index (χ3v) is 6.39. The van der Waals surface area contributed by atoms with Crippen molar-refractivity contribution in [3.63, 3.8) is 0 Å². The summed E-state index contributed by atoms with van der Waals surface area (Å²) in [6.45, 7) is 2.95. The van der Waals surface area contributed by atoms with Gasteiger partial charge in [0.2, 0.25) is 0 Å². The molecule has 0 fully saturated rings. The number of hydrogen-bond acceptors (Lipinski definition) is 3. The zero-order valence-corrected chi connectivity index (χ0v) is 18.7. The van der Waals surface area contributed by atoms with E-state index in [2.05, 4.69) is 12.2 Å². The standard InChI is InChI=1S/C26H28N2O2S/c1-2-3-4-5-10-19-30-21-17-15-20(16-18-21)27-26(29)28-22-11-6-8-13-24(22)31-25-14-9-7-12-23(25)28/h6-9,11-18H,2-5,10,19H2,1H3,(H,27,29). The van der Waals surface area contributed by atoms with Crippen molar-refractivity contribution in [2.75, 3.05) is 16.8 Å². The first-order valence-electron chi connectivity index (χ1n) is 11.0. The molecule has 0 saturated heterocycles. The van der Waals surface area contributed by atoms with Gasteiger partial charge in [0.15, 0.2) is 0 Å². The average Bonchev–Trinajstić information content (AvgIpc) is 2.80. The molecule has 1 aliphatic heterocycles. The van der Waals surface area contributed by atoms with Crippen molar-refractivity contribution in [3.8, 4) is 5.75 Å². The molecule has 0 aromatic heterocycles. The Bertz CT molecular complexity index is 974. The molecular weight excluding hydrogens is 404 g/mol. The largest absolute Gasteiger partial charge is 0.494 e. The van der Waals surface area contributed by atoms with Crippen LogP contribution in [0.15, 0.2) is 82.6 Å². The summed E-state index contributed by atoms with van der Waals surface area (Å²) in [6, 6.07) is 23.4. The summed E-state index contributed by atoms with van der Waals surface area (Å²) in [7, 11) is 0. The predicted molar refractivity (Wildman–Crippen MR) is 129 cm³/mol. The lowest BCUT2D eigenvalue weighted by molar-refractivity contribution is 0.258. The predicted octanol–water partition coefficient (Wildman–Crippen LogP) is 7.87. The van der Waals surface area contributed by atoms with Gasteiger partial charge in [-0.1, -0.05) is 68.6 Å². The van der Waals surface area contributed by atoms with Gasteiger partial charge in [-0.15, -0.1) is 0 Å². The molecule has 0 radical (unpaired) electrons. The summed E-state index contributed by atoms with van der Waals surface area (Å²) in [5.41, 5.74) is 2.53. The highest BCUT2D eigenvalue weighted by molar-refractivity contribution is 7.99. The number of anilines is 3. The molecule has 0 aliphatic carbocycles. The van der Waals surface area contributed by atoms with Crippen LogP contribution in [0.1, 0.15) is 39.0 Å². The van der Waals surface area contributed by atoms with E-state index in [1.54, 1.807) is 16.7 Å². The third kappa shape index (κ3) is 5.23. The van der Waals surface area contributed by atoms with E-state index in [-0.39, 0.29) is 6.03 Å². The Balaban J connectivity index is 1.41. The maximum Gasteiger partial charge on any atom is 0.331 e. The van der Waals surface area contributed by atoms with Crippen LogP contribution in [0.25, 0.3) is 0 Å². The van der Waals surface area contributed by atoms with Gasteiger partial charge in [-0.25, -0.2) is 4.79 Å². The van der Waals surface area contributed by atoms with E-state index in [0.717, 1.165) is 45.6 Å². The molecule has 1 N–H and O–H groups in total. The number of hydrogen-bond donors (Lipinski definition) is 1. The number of para-hydroxylation sites is 2. The Labute approximate surface area is 188 Å². The highest BCUT2D eigenvalue weighted by atomic mass is 32.2. The van der Waals surface area contributed by atoms with Crippen molar-refractivity contribution in [1.82, 2.24) is 0 Å². The van der Waals surface area contributed by atoms with Gasteiger partial charge in [0.05, 0.1) is 18.0 Å². The number of benzene rings is 3. The highest BCUT2D eigenvalue weighted by Crippen LogP contribution is 2.48. The van der Waals surface area contributed by atoms with Gasteiger partial charge in [0, 0.05) is 15.5 Å². The van der Waals surface area contributed by atoms with Crippen molar-refractivity contribution in [3.05, 3.63) is 72.8 Å². The summed E-state index contributed by atoms with van der Waals surface area (Å²) in [6.07, 6.45) is 6.09. The van der Waals surface area contributed by atoms with Crippen LogP contribution >= 0.6 is 11.8 Å². The van der Waals surface area contributed by atoms with Crippen molar-refractivity contribution in [2.24, 2.45) is 0 Å². The van der Waals surface area contributed by atoms with Crippen LogP contribution < -0.4 is 15.0 Å². The molecule has 1 heterocycles. The molecule has 4 nitrogen and oxygen atoms in total. The minimum absolute atomic E-state index is 0.176. The maximum atomic E-state index is 13.2. The fourth-order valence-electron chi connectivity index (χ4n) is 3.63. The second kappa shape index (κ2) is 10.4. The van der Waals surface area contributed by atoms with Crippen LogP contribution in [-0.2, 0) is 0 Å². The first-order valence-corrected chi connectivity index (χ1v) is 11.8. The summed E-state index contributed by atoms with van der Waals surface area (Å²) in [5, 5.41) is 3.03. The molecule has 0 atom stereocenters. The fourth-order valence-corrected chi connectivity index (χ4v) is 4.69.